The number of benzene rings is 2. The largest absolute Gasteiger partial charge is 0.497 e. The molecule has 1 amide bonds. The number of fused-ring (bicyclic) bond motifs is 1. The van der Waals surface area contributed by atoms with Crippen LogP contribution in [0.25, 0.3) is 11.0 Å². The number of carbonyl (C=O) groups excluding carboxylic acids is 1. The fourth-order valence-electron chi connectivity index (χ4n) is 2.95. The molecule has 140 valence electrons. The highest BCUT2D eigenvalue weighted by Crippen LogP contribution is 2.13. The summed E-state index contributed by atoms with van der Waals surface area (Å²) >= 11 is 0. The van der Waals surface area contributed by atoms with Crippen molar-refractivity contribution in [2.75, 3.05) is 13.7 Å². The summed E-state index contributed by atoms with van der Waals surface area (Å²) in [6.07, 6.45) is 0.690. The topological polar surface area (TPSA) is 93.2 Å². The van der Waals surface area contributed by atoms with Gasteiger partial charge in [-0.1, -0.05) is 12.1 Å². The Balaban J connectivity index is 1.72. The first-order chi connectivity index (χ1) is 13.0. The molecule has 3 rings (SSSR count). The molecule has 1 aromatic heterocycles. The van der Waals surface area contributed by atoms with E-state index in [9.17, 15) is 14.4 Å². The van der Waals surface area contributed by atoms with Gasteiger partial charge in [-0.05, 0) is 49.2 Å². The van der Waals surface area contributed by atoms with E-state index in [1.807, 2.05) is 24.3 Å². The van der Waals surface area contributed by atoms with Gasteiger partial charge in [-0.3, -0.25) is 14.4 Å². The Kier molecular flexibility index (Phi) is 5.40. The quantitative estimate of drug-likeness (QED) is 0.649. The second-order valence-corrected chi connectivity index (χ2v) is 6.09. The van der Waals surface area contributed by atoms with Crippen LogP contribution in [0, 0.1) is 0 Å². The number of hydrogen-bond acceptors (Lipinski definition) is 4. The average molecular weight is 367 g/mol. The Hall–Kier alpha value is -3.35. The molecule has 7 nitrogen and oxygen atoms in total. The summed E-state index contributed by atoms with van der Waals surface area (Å²) < 4.78 is 6.51. The smallest absolute Gasteiger partial charge is 0.316 e. The summed E-state index contributed by atoms with van der Waals surface area (Å²) in [5.41, 5.74) is 1.28. The molecule has 3 aromatic rings. The standard InChI is InChI=1S/C20H21N3O4/c1-3-23-17-9-6-14(12-16(17)22-19(25)20(23)26)18(24)21-11-10-13-4-7-15(27-2)8-5-13/h4-9,12H,3,10-11H2,1-2H3,(H,21,24)(H,22,25). The highest BCUT2D eigenvalue weighted by Gasteiger charge is 2.10. The lowest BCUT2D eigenvalue weighted by Gasteiger charge is -2.09. The van der Waals surface area contributed by atoms with Crippen molar-refractivity contribution >= 4 is 16.9 Å². The Morgan fingerprint density at radius 3 is 2.56 bits per heavy atom. The molecule has 0 aliphatic heterocycles. The van der Waals surface area contributed by atoms with E-state index in [1.54, 1.807) is 32.2 Å². The van der Waals surface area contributed by atoms with Crippen LogP contribution in [0.15, 0.2) is 52.1 Å². The number of aromatic amines is 1. The van der Waals surface area contributed by atoms with Crippen LogP contribution < -0.4 is 21.2 Å². The zero-order valence-corrected chi connectivity index (χ0v) is 15.2. The summed E-state index contributed by atoms with van der Waals surface area (Å²) in [5.74, 6) is 0.555. The molecule has 0 aliphatic rings. The number of aryl methyl sites for hydroxylation is 1. The summed E-state index contributed by atoms with van der Waals surface area (Å²) in [4.78, 5) is 38.6. The number of H-pyrrole nitrogens is 1. The molecular formula is C20H21N3O4. The normalized spacial score (nSPS) is 10.7. The summed E-state index contributed by atoms with van der Waals surface area (Å²) in [6.45, 7) is 2.65. The van der Waals surface area contributed by atoms with E-state index in [1.165, 1.54) is 4.57 Å². The van der Waals surface area contributed by atoms with Crippen LogP contribution in [0.5, 0.6) is 5.75 Å². The van der Waals surface area contributed by atoms with Crippen molar-refractivity contribution in [1.82, 2.24) is 14.9 Å². The van der Waals surface area contributed by atoms with Gasteiger partial charge in [-0.25, -0.2) is 0 Å². The molecular weight excluding hydrogens is 346 g/mol. The zero-order valence-electron chi connectivity index (χ0n) is 15.2. The lowest BCUT2D eigenvalue weighted by molar-refractivity contribution is 0.0954. The van der Waals surface area contributed by atoms with E-state index < -0.39 is 11.1 Å². The molecule has 0 saturated carbocycles. The maximum absolute atomic E-state index is 12.4. The number of nitrogens with one attached hydrogen (secondary N) is 2. The maximum atomic E-state index is 12.4. The van der Waals surface area contributed by atoms with E-state index in [-0.39, 0.29) is 5.91 Å². The number of ether oxygens (including phenoxy) is 1. The average Bonchev–Trinajstić information content (AvgIpc) is 2.69. The lowest BCUT2D eigenvalue weighted by atomic mass is 10.1. The second kappa shape index (κ2) is 7.90. The molecule has 0 spiro atoms. The Labute approximate surface area is 155 Å². The van der Waals surface area contributed by atoms with Crippen LogP contribution >= 0.6 is 0 Å². The lowest BCUT2D eigenvalue weighted by Crippen LogP contribution is -2.36. The second-order valence-electron chi connectivity index (χ2n) is 6.09. The van der Waals surface area contributed by atoms with Gasteiger partial charge in [0.1, 0.15) is 5.75 Å². The van der Waals surface area contributed by atoms with Gasteiger partial charge in [0.2, 0.25) is 0 Å². The number of amides is 1. The van der Waals surface area contributed by atoms with Crippen molar-refractivity contribution in [2.45, 2.75) is 19.9 Å². The summed E-state index contributed by atoms with van der Waals surface area (Å²) in [7, 11) is 1.62. The molecule has 0 atom stereocenters. The van der Waals surface area contributed by atoms with Gasteiger partial charge in [0, 0.05) is 18.7 Å². The summed E-state index contributed by atoms with van der Waals surface area (Å²) in [6, 6.07) is 12.6. The van der Waals surface area contributed by atoms with Crippen molar-refractivity contribution in [3.63, 3.8) is 0 Å². The maximum Gasteiger partial charge on any atom is 0.316 e. The van der Waals surface area contributed by atoms with Crippen molar-refractivity contribution in [1.29, 1.82) is 0 Å². The van der Waals surface area contributed by atoms with Gasteiger partial charge in [-0.15, -0.1) is 0 Å². The Bertz CT molecular complexity index is 1080. The predicted octanol–water partition coefficient (Wildman–Crippen LogP) is 1.69. The molecule has 7 heteroatoms. The molecule has 0 saturated heterocycles. The van der Waals surface area contributed by atoms with Gasteiger partial charge < -0.3 is 19.6 Å². The fraction of sp³-hybridized carbons (Fsp3) is 0.250. The number of hydrogen-bond donors (Lipinski definition) is 2. The molecule has 0 bridgehead atoms. The molecule has 0 aliphatic carbocycles. The number of nitrogens with zero attached hydrogens (tertiary/aromatic N) is 1. The van der Waals surface area contributed by atoms with E-state index in [4.69, 9.17) is 4.74 Å². The van der Waals surface area contributed by atoms with Crippen molar-refractivity contribution < 1.29 is 9.53 Å². The van der Waals surface area contributed by atoms with E-state index in [0.29, 0.717) is 36.1 Å². The van der Waals surface area contributed by atoms with E-state index in [2.05, 4.69) is 10.3 Å². The molecule has 0 radical (unpaired) electrons. The van der Waals surface area contributed by atoms with Gasteiger partial charge >= 0.3 is 11.1 Å². The van der Waals surface area contributed by atoms with Crippen LogP contribution in [0.1, 0.15) is 22.8 Å². The Morgan fingerprint density at radius 1 is 1.15 bits per heavy atom. The van der Waals surface area contributed by atoms with Crippen LogP contribution in [-0.2, 0) is 13.0 Å². The number of methoxy groups -OCH3 is 1. The van der Waals surface area contributed by atoms with Gasteiger partial charge in [-0.2, -0.15) is 0 Å². The van der Waals surface area contributed by atoms with Gasteiger partial charge in [0.15, 0.2) is 0 Å². The molecule has 2 N–H and O–H groups in total. The Morgan fingerprint density at radius 2 is 1.89 bits per heavy atom. The minimum atomic E-state index is -0.693. The third-order valence-corrected chi connectivity index (χ3v) is 4.41. The van der Waals surface area contributed by atoms with Crippen LogP contribution in [-0.4, -0.2) is 29.1 Å². The highest BCUT2D eigenvalue weighted by molar-refractivity contribution is 5.97. The molecule has 27 heavy (non-hydrogen) atoms. The first-order valence-electron chi connectivity index (χ1n) is 8.71. The van der Waals surface area contributed by atoms with Crippen molar-refractivity contribution in [2.24, 2.45) is 0 Å². The van der Waals surface area contributed by atoms with Gasteiger partial charge in [0.25, 0.3) is 5.91 Å². The first kappa shape index (κ1) is 18.4. The predicted molar refractivity (Wildman–Crippen MR) is 104 cm³/mol. The first-order valence-corrected chi connectivity index (χ1v) is 8.71. The molecule has 0 fully saturated rings. The number of aromatic nitrogens is 2. The molecule has 1 heterocycles. The van der Waals surface area contributed by atoms with E-state index >= 15 is 0 Å². The third kappa shape index (κ3) is 3.92. The fourth-order valence-corrected chi connectivity index (χ4v) is 2.95. The van der Waals surface area contributed by atoms with Crippen LogP contribution in [0.2, 0.25) is 0 Å². The summed E-state index contributed by atoms with van der Waals surface area (Å²) in [5, 5.41) is 2.86. The SMILES string of the molecule is CCn1c(=O)c(=O)[nH]c2cc(C(=O)NCCc3ccc(OC)cc3)ccc21. The van der Waals surface area contributed by atoms with Gasteiger partial charge in [0.05, 0.1) is 18.1 Å². The number of carbonyl (C=O) groups is 1. The molecule has 2 aromatic carbocycles. The minimum absolute atomic E-state index is 0.236. The highest BCUT2D eigenvalue weighted by atomic mass is 16.5. The minimum Gasteiger partial charge on any atom is -0.497 e. The van der Waals surface area contributed by atoms with Crippen LogP contribution in [0.3, 0.4) is 0 Å². The third-order valence-electron chi connectivity index (χ3n) is 4.41. The molecule has 0 unspecified atom stereocenters. The van der Waals surface area contributed by atoms with Crippen molar-refractivity contribution in [3.05, 3.63) is 74.3 Å². The van der Waals surface area contributed by atoms with Crippen LogP contribution in [0.4, 0.5) is 0 Å². The monoisotopic (exact) mass is 367 g/mol. The van der Waals surface area contributed by atoms with E-state index in [0.717, 1.165) is 11.3 Å². The number of rotatable bonds is 6. The van der Waals surface area contributed by atoms with Crippen molar-refractivity contribution in [3.8, 4) is 5.75 Å². The zero-order chi connectivity index (χ0) is 19.4.